The molecule has 0 aliphatic heterocycles. The highest BCUT2D eigenvalue weighted by Gasteiger charge is 2.16. The Hall–Kier alpha value is -3.55. The van der Waals surface area contributed by atoms with E-state index in [0.29, 0.717) is 22.8 Å². The summed E-state index contributed by atoms with van der Waals surface area (Å²) in [5.74, 6) is 0.686. The number of esters is 1. The molecule has 1 amide bonds. The molecule has 2 aromatic rings. The van der Waals surface area contributed by atoms with Gasteiger partial charge in [-0.15, -0.1) is 0 Å². The molecule has 0 bridgehead atoms. The number of carbonyl (C=O) groups excluding carboxylic acids is 2. The van der Waals surface area contributed by atoms with Crippen LogP contribution in [0.3, 0.4) is 0 Å². The van der Waals surface area contributed by atoms with Crippen LogP contribution in [0.2, 0.25) is 0 Å². The summed E-state index contributed by atoms with van der Waals surface area (Å²) in [6.45, 7) is 5.21. The summed E-state index contributed by atoms with van der Waals surface area (Å²) in [6.07, 6.45) is 1.50. The number of hydrazone groups is 1. The molecule has 0 spiro atoms. The van der Waals surface area contributed by atoms with E-state index < -0.39 is 11.6 Å². The van der Waals surface area contributed by atoms with Gasteiger partial charge in [0, 0.05) is 5.56 Å². The summed E-state index contributed by atoms with van der Waals surface area (Å²) in [4.78, 5) is 23.9. The van der Waals surface area contributed by atoms with Crippen molar-refractivity contribution in [3.63, 3.8) is 0 Å². The molecular weight excluding hydrogens is 388 g/mol. The molecule has 0 saturated carbocycles. The average Bonchev–Trinajstić information content (AvgIpc) is 2.71. The summed E-state index contributed by atoms with van der Waals surface area (Å²) in [7, 11) is 3.02. The van der Waals surface area contributed by atoms with Gasteiger partial charge >= 0.3 is 5.97 Å². The van der Waals surface area contributed by atoms with E-state index in [1.54, 1.807) is 63.2 Å². The second-order valence-electron chi connectivity index (χ2n) is 7.21. The highest BCUT2D eigenvalue weighted by atomic mass is 16.6. The molecular formula is C22H26N2O6. The lowest BCUT2D eigenvalue weighted by molar-refractivity contribution is -0.157. The van der Waals surface area contributed by atoms with E-state index in [2.05, 4.69) is 10.5 Å². The van der Waals surface area contributed by atoms with Gasteiger partial charge in [-0.3, -0.25) is 4.79 Å². The highest BCUT2D eigenvalue weighted by molar-refractivity contribution is 5.95. The van der Waals surface area contributed by atoms with Crippen molar-refractivity contribution in [3.8, 4) is 17.2 Å². The van der Waals surface area contributed by atoms with E-state index in [4.69, 9.17) is 18.9 Å². The van der Waals surface area contributed by atoms with Crippen LogP contribution in [0.1, 0.15) is 36.7 Å². The topological polar surface area (TPSA) is 95.5 Å². The van der Waals surface area contributed by atoms with Gasteiger partial charge in [0.2, 0.25) is 0 Å². The molecule has 0 unspecified atom stereocenters. The molecule has 2 aromatic carbocycles. The maximum atomic E-state index is 12.2. The number of carbonyl (C=O) groups is 2. The fourth-order valence-corrected chi connectivity index (χ4v) is 2.37. The number of rotatable bonds is 8. The normalized spacial score (nSPS) is 11.1. The molecule has 0 fully saturated rings. The van der Waals surface area contributed by atoms with Gasteiger partial charge in [-0.25, -0.2) is 10.2 Å². The molecule has 0 aliphatic rings. The average molecular weight is 414 g/mol. The van der Waals surface area contributed by atoms with Gasteiger partial charge in [0.1, 0.15) is 11.4 Å². The van der Waals surface area contributed by atoms with Crippen LogP contribution in [0.15, 0.2) is 47.6 Å². The zero-order chi connectivity index (χ0) is 22.1. The van der Waals surface area contributed by atoms with Crippen LogP contribution in [-0.4, -0.2) is 44.5 Å². The molecule has 1 N–H and O–H groups in total. The first kappa shape index (κ1) is 22.7. The molecule has 30 heavy (non-hydrogen) atoms. The van der Waals surface area contributed by atoms with Gasteiger partial charge in [-0.05, 0) is 68.8 Å². The Morgan fingerprint density at radius 2 is 1.67 bits per heavy atom. The van der Waals surface area contributed by atoms with Gasteiger partial charge in [0.25, 0.3) is 5.91 Å². The Morgan fingerprint density at radius 1 is 1.00 bits per heavy atom. The van der Waals surface area contributed by atoms with Crippen molar-refractivity contribution in [1.82, 2.24) is 5.43 Å². The molecule has 8 nitrogen and oxygen atoms in total. The van der Waals surface area contributed by atoms with Crippen molar-refractivity contribution >= 4 is 18.1 Å². The minimum absolute atomic E-state index is 0.175. The van der Waals surface area contributed by atoms with Crippen LogP contribution in [0, 0.1) is 0 Å². The third kappa shape index (κ3) is 7.12. The molecule has 0 atom stereocenters. The van der Waals surface area contributed by atoms with Crippen LogP contribution < -0.4 is 19.6 Å². The number of methoxy groups -OCH3 is 2. The summed E-state index contributed by atoms with van der Waals surface area (Å²) in [5.41, 5.74) is 3.03. The van der Waals surface area contributed by atoms with E-state index in [9.17, 15) is 9.59 Å². The fraction of sp³-hybridized carbons (Fsp3) is 0.318. The first-order valence-electron chi connectivity index (χ1n) is 9.22. The van der Waals surface area contributed by atoms with Gasteiger partial charge in [0.05, 0.1) is 20.4 Å². The SMILES string of the molecule is COc1ccc(C(=O)N/N=C\c2ccc(OCC(=O)OC(C)(C)C)cc2)cc1OC. The standard InChI is InChI=1S/C22H26N2O6/c1-22(2,3)30-20(25)14-29-17-9-6-15(7-10-17)13-23-24-21(26)16-8-11-18(27-4)19(12-16)28-5/h6-13H,14H2,1-5H3,(H,24,26)/b23-13-. The van der Waals surface area contributed by atoms with Crippen molar-refractivity contribution in [3.05, 3.63) is 53.6 Å². The first-order chi connectivity index (χ1) is 14.2. The van der Waals surface area contributed by atoms with Crippen LogP contribution in [-0.2, 0) is 9.53 Å². The van der Waals surface area contributed by atoms with Crippen molar-refractivity contribution in [2.75, 3.05) is 20.8 Å². The molecule has 0 heterocycles. The summed E-state index contributed by atoms with van der Waals surface area (Å²) in [6, 6.07) is 11.7. The molecule has 0 aromatic heterocycles. The number of ether oxygens (including phenoxy) is 4. The Labute approximate surface area is 175 Å². The molecule has 0 saturated heterocycles. The third-order valence-corrected chi connectivity index (χ3v) is 3.68. The molecule has 2 rings (SSSR count). The fourth-order valence-electron chi connectivity index (χ4n) is 2.37. The third-order valence-electron chi connectivity index (χ3n) is 3.68. The second-order valence-corrected chi connectivity index (χ2v) is 7.21. The van der Waals surface area contributed by atoms with Crippen molar-refractivity contribution < 1.29 is 28.5 Å². The zero-order valence-electron chi connectivity index (χ0n) is 17.7. The highest BCUT2D eigenvalue weighted by Crippen LogP contribution is 2.27. The number of hydrogen-bond acceptors (Lipinski definition) is 7. The Morgan fingerprint density at radius 3 is 2.27 bits per heavy atom. The number of benzene rings is 2. The monoisotopic (exact) mass is 414 g/mol. The van der Waals surface area contributed by atoms with Gasteiger partial charge < -0.3 is 18.9 Å². The summed E-state index contributed by atoms with van der Waals surface area (Å²) in [5, 5.41) is 3.95. The van der Waals surface area contributed by atoms with E-state index in [1.165, 1.54) is 20.4 Å². The van der Waals surface area contributed by atoms with Gasteiger partial charge in [-0.1, -0.05) is 0 Å². The maximum absolute atomic E-state index is 12.2. The van der Waals surface area contributed by atoms with Crippen molar-refractivity contribution in [2.45, 2.75) is 26.4 Å². The minimum Gasteiger partial charge on any atom is -0.493 e. The van der Waals surface area contributed by atoms with Crippen LogP contribution >= 0.6 is 0 Å². The Balaban J connectivity index is 1.88. The van der Waals surface area contributed by atoms with Gasteiger partial charge in [-0.2, -0.15) is 5.10 Å². The Kier molecular flexibility index (Phi) is 7.80. The summed E-state index contributed by atoms with van der Waals surface area (Å²) < 4.78 is 20.9. The lowest BCUT2D eigenvalue weighted by Crippen LogP contribution is -2.27. The smallest absolute Gasteiger partial charge is 0.344 e. The Bertz CT molecular complexity index is 901. The first-order valence-corrected chi connectivity index (χ1v) is 9.22. The predicted octanol–water partition coefficient (Wildman–Crippen LogP) is 3.19. The number of hydrogen-bond donors (Lipinski definition) is 1. The second kappa shape index (κ2) is 10.3. The van der Waals surface area contributed by atoms with Crippen molar-refractivity contribution in [2.24, 2.45) is 5.10 Å². The molecule has 0 radical (unpaired) electrons. The van der Waals surface area contributed by atoms with Crippen molar-refractivity contribution in [1.29, 1.82) is 0 Å². The molecule has 0 aliphatic carbocycles. The van der Waals surface area contributed by atoms with Gasteiger partial charge in [0.15, 0.2) is 18.1 Å². The zero-order valence-corrected chi connectivity index (χ0v) is 17.7. The van der Waals surface area contributed by atoms with Crippen LogP contribution in [0.5, 0.6) is 17.2 Å². The molecule has 8 heteroatoms. The lowest BCUT2D eigenvalue weighted by atomic mass is 10.2. The van der Waals surface area contributed by atoms with E-state index >= 15 is 0 Å². The maximum Gasteiger partial charge on any atom is 0.344 e. The lowest BCUT2D eigenvalue weighted by Gasteiger charge is -2.19. The van der Waals surface area contributed by atoms with Crippen LogP contribution in [0.25, 0.3) is 0 Å². The van der Waals surface area contributed by atoms with E-state index in [1.807, 2.05) is 0 Å². The number of nitrogens with one attached hydrogen (secondary N) is 1. The summed E-state index contributed by atoms with van der Waals surface area (Å²) >= 11 is 0. The largest absolute Gasteiger partial charge is 0.493 e. The van der Waals surface area contributed by atoms with E-state index in [-0.39, 0.29) is 12.5 Å². The quantitative estimate of drug-likeness (QED) is 0.405. The molecule has 160 valence electrons. The van der Waals surface area contributed by atoms with Crippen LogP contribution in [0.4, 0.5) is 0 Å². The number of amides is 1. The minimum atomic E-state index is -0.553. The predicted molar refractivity (Wildman–Crippen MR) is 112 cm³/mol. The van der Waals surface area contributed by atoms with E-state index in [0.717, 1.165) is 5.56 Å². The number of nitrogens with zero attached hydrogens (tertiary/aromatic N) is 1.